The summed E-state index contributed by atoms with van der Waals surface area (Å²) in [6, 6.07) is 5.98. The van der Waals surface area contributed by atoms with Crippen LogP contribution in [0.1, 0.15) is 28.0 Å². The van der Waals surface area contributed by atoms with Gasteiger partial charge in [-0.1, -0.05) is 0 Å². The summed E-state index contributed by atoms with van der Waals surface area (Å²) >= 11 is 2.98. The average Bonchev–Trinajstić information content (AvgIpc) is 3.41. The molecule has 5 nitrogen and oxygen atoms in total. The lowest BCUT2D eigenvalue weighted by atomic mass is 9.97. The molecule has 0 saturated carbocycles. The number of urea groups is 1. The Kier molecular flexibility index (Phi) is 5.88. The molecule has 0 radical (unpaired) electrons. The monoisotopic (exact) mass is 472 g/mol. The summed E-state index contributed by atoms with van der Waals surface area (Å²) < 4.78 is 32.3. The van der Waals surface area contributed by atoms with E-state index in [2.05, 4.69) is 33.0 Å². The van der Waals surface area contributed by atoms with Crippen molar-refractivity contribution in [2.75, 3.05) is 18.9 Å². The molecule has 0 spiro atoms. The molecular weight excluding hydrogens is 450 g/mol. The number of anilines is 1. The molecule has 3 heterocycles. The number of pyridine rings is 1. The van der Waals surface area contributed by atoms with Crippen molar-refractivity contribution in [3.05, 3.63) is 63.8 Å². The van der Waals surface area contributed by atoms with Crippen molar-refractivity contribution >= 4 is 35.0 Å². The first-order valence-corrected chi connectivity index (χ1v) is 12.1. The molecular formula is C23H22F2N4OS2. The van der Waals surface area contributed by atoms with Gasteiger partial charge in [-0.05, 0) is 85.1 Å². The Morgan fingerprint density at radius 3 is 2.88 bits per heavy atom. The number of nitrogens with zero attached hydrogens (tertiary/aromatic N) is 2. The number of hydrogen-bond acceptors (Lipinski definition) is 5. The smallest absolute Gasteiger partial charge is 0.306 e. The lowest BCUT2D eigenvalue weighted by molar-refractivity contribution is 0.257. The van der Waals surface area contributed by atoms with Crippen molar-refractivity contribution in [2.45, 2.75) is 36.4 Å². The summed E-state index contributed by atoms with van der Waals surface area (Å²) in [5.74, 6) is -0.971. The first kappa shape index (κ1) is 21.4. The average molecular weight is 473 g/mol. The Morgan fingerprint density at radius 1 is 1.19 bits per heavy atom. The lowest BCUT2D eigenvalue weighted by Gasteiger charge is -2.21. The number of thiophene rings is 1. The molecule has 0 unspecified atom stereocenters. The molecule has 2 aliphatic rings. The fourth-order valence-corrected chi connectivity index (χ4v) is 6.34. The zero-order chi connectivity index (χ0) is 22.2. The van der Waals surface area contributed by atoms with Crippen molar-refractivity contribution in [1.29, 1.82) is 0 Å². The van der Waals surface area contributed by atoms with Crippen LogP contribution in [0.4, 0.5) is 19.3 Å². The van der Waals surface area contributed by atoms with E-state index < -0.39 is 12.0 Å². The minimum Gasteiger partial charge on any atom is -0.306 e. The summed E-state index contributed by atoms with van der Waals surface area (Å²) in [6.07, 6.45) is 4.48. The molecule has 1 aliphatic carbocycles. The highest BCUT2D eigenvalue weighted by atomic mass is 32.2. The van der Waals surface area contributed by atoms with E-state index in [1.807, 2.05) is 0 Å². The highest BCUT2D eigenvalue weighted by Crippen LogP contribution is 2.39. The molecule has 0 atom stereocenters. The SMILES string of the molecule is CN1CCc2sc(SNC(=O)Nc3c(-c4ccnc(F)c4)cc(F)c4c3CCC4)cc2C1. The molecule has 2 N–H and O–H groups in total. The Balaban J connectivity index is 1.38. The summed E-state index contributed by atoms with van der Waals surface area (Å²) in [7, 11) is 2.10. The van der Waals surface area contributed by atoms with E-state index in [0.29, 0.717) is 35.2 Å². The van der Waals surface area contributed by atoms with Gasteiger partial charge in [-0.25, -0.2) is 14.2 Å². The summed E-state index contributed by atoms with van der Waals surface area (Å²) in [4.78, 5) is 20.0. The summed E-state index contributed by atoms with van der Waals surface area (Å²) in [5, 5.41) is 2.91. The minimum absolute atomic E-state index is 0.320. The maximum absolute atomic E-state index is 14.7. The van der Waals surface area contributed by atoms with E-state index in [1.54, 1.807) is 17.4 Å². The largest absolute Gasteiger partial charge is 0.329 e. The van der Waals surface area contributed by atoms with Gasteiger partial charge in [-0.2, -0.15) is 4.39 Å². The Bertz CT molecular complexity index is 1200. The van der Waals surface area contributed by atoms with Gasteiger partial charge in [0, 0.05) is 35.8 Å². The molecule has 5 rings (SSSR count). The van der Waals surface area contributed by atoms with Gasteiger partial charge in [0.25, 0.3) is 0 Å². The summed E-state index contributed by atoms with van der Waals surface area (Å²) in [6.45, 7) is 1.96. The fourth-order valence-electron chi connectivity index (χ4n) is 4.41. The first-order valence-electron chi connectivity index (χ1n) is 10.5. The number of benzene rings is 1. The Hall–Kier alpha value is -2.49. The number of halogens is 2. The number of likely N-dealkylation sites (N-methyl/N-ethyl adjacent to an activating group) is 1. The zero-order valence-electron chi connectivity index (χ0n) is 17.5. The zero-order valence-corrected chi connectivity index (χ0v) is 19.1. The van der Waals surface area contributed by atoms with Crippen LogP contribution in [-0.2, 0) is 25.8 Å². The quantitative estimate of drug-likeness (QED) is 0.395. The van der Waals surface area contributed by atoms with Gasteiger partial charge in [0.1, 0.15) is 5.82 Å². The number of amides is 2. The molecule has 3 aromatic rings. The van der Waals surface area contributed by atoms with Crippen LogP contribution in [0, 0.1) is 11.8 Å². The normalized spacial score (nSPS) is 15.3. The van der Waals surface area contributed by atoms with Gasteiger partial charge in [0.15, 0.2) is 0 Å². The number of fused-ring (bicyclic) bond motifs is 2. The van der Waals surface area contributed by atoms with Crippen LogP contribution in [0.2, 0.25) is 0 Å². The van der Waals surface area contributed by atoms with Crippen LogP contribution in [0.25, 0.3) is 11.1 Å². The van der Waals surface area contributed by atoms with E-state index >= 15 is 0 Å². The molecule has 1 aliphatic heterocycles. The number of hydrogen-bond donors (Lipinski definition) is 2. The summed E-state index contributed by atoms with van der Waals surface area (Å²) in [5.41, 5.74) is 4.19. The van der Waals surface area contributed by atoms with Crippen molar-refractivity contribution in [3.63, 3.8) is 0 Å². The molecule has 166 valence electrons. The minimum atomic E-state index is -0.651. The standard InChI is InChI=1S/C23H22F2N4OS2/c1-29-8-6-19-14(12-29)10-21(31-19)32-28-23(30)27-22-16-4-2-3-15(16)18(24)11-17(22)13-5-7-26-20(25)9-13/h5,7,9-11H,2-4,6,8,12H2,1H3,(H2,27,28,30). The van der Waals surface area contributed by atoms with Crippen LogP contribution in [0.15, 0.2) is 34.7 Å². The molecule has 32 heavy (non-hydrogen) atoms. The Morgan fingerprint density at radius 2 is 2.03 bits per heavy atom. The van der Waals surface area contributed by atoms with Crippen LogP contribution in [0.3, 0.4) is 0 Å². The van der Waals surface area contributed by atoms with E-state index in [1.165, 1.54) is 40.7 Å². The number of carbonyl (C=O) groups is 1. The Labute approximate surface area is 193 Å². The second kappa shape index (κ2) is 8.80. The van der Waals surface area contributed by atoms with E-state index in [-0.39, 0.29) is 5.82 Å². The number of carbonyl (C=O) groups excluding carboxylic acids is 1. The second-order valence-corrected chi connectivity index (χ2v) is 10.4. The molecule has 0 bridgehead atoms. The van der Waals surface area contributed by atoms with Gasteiger partial charge in [-0.15, -0.1) is 11.3 Å². The van der Waals surface area contributed by atoms with Crippen molar-refractivity contribution < 1.29 is 13.6 Å². The molecule has 2 amide bonds. The number of rotatable bonds is 4. The van der Waals surface area contributed by atoms with Gasteiger partial charge < -0.3 is 10.2 Å². The van der Waals surface area contributed by atoms with Crippen molar-refractivity contribution in [1.82, 2.24) is 14.6 Å². The topological polar surface area (TPSA) is 57.3 Å². The molecule has 0 saturated heterocycles. The molecule has 9 heteroatoms. The first-order chi connectivity index (χ1) is 15.5. The third-order valence-electron chi connectivity index (χ3n) is 5.90. The third kappa shape index (κ3) is 4.24. The van der Waals surface area contributed by atoms with E-state index in [9.17, 15) is 13.6 Å². The van der Waals surface area contributed by atoms with Gasteiger partial charge in [0.05, 0.1) is 9.90 Å². The van der Waals surface area contributed by atoms with Crippen LogP contribution < -0.4 is 10.0 Å². The van der Waals surface area contributed by atoms with Gasteiger partial charge in [0.2, 0.25) is 5.95 Å². The highest BCUT2D eigenvalue weighted by Gasteiger charge is 2.24. The number of nitrogens with one attached hydrogen (secondary N) is 2. The maximum Gasteiger partial charge on any atom is 0.329 e. The predicted molar refractivity (Wildman–Crippen MR) is 124 cm³/mol. The van der Waals surface area contributed by atoms with Gasteiger partial charge >= 0.3 is 6.03 Å². The fraction of sp³-hybridized carbons (Fsp3) is 0.304. The van der Waals surface area contributed by atoms with Crippen molar-refractivity contribution in [3.8, 4) is 11.1 Å². The molecule has 2 aromatic heterocycles. The van der Waals surface area contributed by atoms with E-state index in [0.717, 1.165) is 35.7 Å². The van der Waals surface area contributed by atoms with Crippen LogP contribution >= 0.6 is 23.3 Å². The van der Waals surface area contributed by atoms with Crippen LogP contribution in [0.5, 0.6) is 0 Å². The molecule has 1 aromatic carbocycles. The molecule has 0 fully saturated rings. The lowest BCUT2D eigenvalue weighted by Crippen LogP contribution is -2.25. The van der Waals surface area contributed by atoms with E-state index in [4.69, 9.17) is 0 Å². The number of aromatic nitrogens is 1. The predicted octanol–water partition coefficient (Wildman–Crippen LogP) is 5.39. The maximum atomic E-state index is 14.7. The third-order valence-corrected chi connectivity index (χ3v) is 8.04. The van der Waals surface area contributed by atoms with Crippen molar-refractivity contribution in [2.24, 2.45) is 0 Å². The second-order valence-electron chi connectivity index (χ2n) is 8.12. The van der Waals surface area contributed by atoms with Gasteiger partial charge in [-0.3, -0.25) is 4.72 Å². The highest BCUT2D eigenvalue weighted by molar-refractivity contribution is 7.99. The van der Waals surface area contributed by atoms with Crippen LogP contribution in [-0.4, -0.2) is 29.5 Å².